The van der Waals surface area contributed by atoms with Crippen LogP contribution in [0.2, 0.25) is 5.28 Å². The third-order valence-corrected chi connectivity index (χ3v) is 22.7. The summed E-state index contributed by atoms with van der Waals surface area (Å²) < 4.78 is 10.5. The molecule has 0 aliphatic heterocycles. The highest BCUT2D eigenvalue weighted by molar-refractivity contribution is 9.08. The second kappa shape index (κ2) is 63.3. The first-order chi connectivity index (χ1) is 64.5. The molecule has 9 N–H and O–H groups in total. The molecule has 686 valence electrons. The molecule has 0 atom stereocenters. The topological polar surface area (TPSA) is 494 Å². The average Bonchev–Trinajstić information content (AvgIpc) is 1.64. The number of H-pyrrole nitrogens is 4. The van der Waals surface area contributed by atoms with E-state index in [0.717, 1.165) is 182 Å². The van der Waals surface area contributed by atoms with Crippen molar-refractivity contribution >= 4 is 133 Å². The number of aromatic nitrogens is 18. The summed E-state index contributed by atoms with van der Waals surface area (Å²) in [6.07, 6.45) is 31.5. The van der Waals surface area contributed by atoms with E-state index in [0.29, 0.717) is 96.5 Å². The summed E-state index contributed by atoms with van der Waals surface area (Å²) in [5, 5.41) is 81.5. The summed E-state index contributed by atoms with van der Waals surface area (Å²) in [4.78, 5) is 72.3. The van der Waals surface area contributed by atoms with Crippen LogP contribution >= 0.6 is 87.3 Å². The molecule has 0 radical (unpaired) electrons. The van der Waals surface area contributed by atoms with Crippen molar-refractivity contribution < 1.29 is 9.53 Å². The molecule has 0 unspecified atom stereocenters. The lowest BCUT2D eigenvalue weighted by Crippen LogP contribution is -2.19. The van der Waals surface area contributed by atoms with E-state index in [1.807, 2.05) is 94.7 Å². The molecule has 0 saturated heterocycles. The Morgan fingerprint density at radius 2 is 0.992 bits per heavy atom. The van der Waals surface area contributed by atoms with Crippen LogP contribution in [0.5, 0.6) is 0 Å². The van der Waals surface area contributed by atoms with Crippen molar-refractivity contribution in [3.05, 3.63) is 245 Å². The van der Waals surface area contributed by atoms with Gasteiger partial charge in [0.05, 0.1) is 73.0 Å². The number of carbonyl (C=O) groups is 1. The lowest BCUT2D eigenvalue weighted by molar-refractivity contribution is 0.164. The standard InChI is InChI=1S/C20H22N6S.C17H16ClN5S.C17H17N5OS.C10H11N5OS.C8H12N4.C7H7Br.C6H8N2.C4H5NO2S.C3H7N/c21-12-6-2-5-9-16-13-22-26-18(16)24-20(25-19(26)23-17-10-11-17)27-14-15-7-3-1-4-8-15;18-16-22-17(24-12-13-7-3-1-4-8-13)21-15-14(11-20-23(15)16)9-5-2-6-10-19;18-10-6-2-5-9-14-11-19-22-15(14)20-16(21-17(22)23)24-12-13-7-3-1-4-8-13;11-5-3-1-2-4-7-6-12-15-8(7)13-9(17)14-10(15)16;9-5-3-1-2-4-7-6-11-12-8(7)10;8-6-7-4-2-1-3-5-7;1-8-6-4-2-3-5-7;1-2-7-4(6)5-3-8;4-3-1-2-3/h1,3-4,7-8,13,17H,2,5-6,9-11,14H2,(H,23,24,25);1,3-4,7-8,11H,2,5-6,9,12H2;1,3-4,7-8,11H,2,5-6,9,12H2,(H,20,21,23);6,12H,1-4H2,(H,14,16,17);6H,1-4H2,(H3,10,11,12);1-5H,6H2;2-4,6H2;2H2,1H3;3H,1-2,4H2. The molecule has 0 spiro atoms. The number of isothiocyanates is 1. The van der Waals surface area contributed by atoms with Gasteiger partial charge in [-0.25, -0.2) is 40.9 Å². The zero-order valence-corrected chi connectivity index (χ0v) is 79.8. The Bertz CT molecular complexity index is 6170. The van der Waals surface area contributed by atoms with Crippen molar-refractivity contribution in [3.63, 3.8) is 0 Å². The van der Waals surface area contributed by atoms with E-state index in [2.05, 4.69) is 187 Å². The maximum Gasteiger partial charge on any atom is 0.442 e. The Balaban J connectivity index is 0.000000213. The third kappa shape index (κ3) is 40.7. The summed E-state index contributed by atoms with van der Waals surface area (Å²) in [6.45, 7) is 8.96. The van der Waals surface area contributed by atoms with E-state index in [1.165, 1.54) is 68.7 Å². The van der Waals surface area contributed by atoms with E-state index in [-0.39, 0.29) is 16.2 Å². The SMILES string of the molecule is BrCc1ccccc1.CCOC(=O)N=C=S.N#CCCCCc1c[nH]n2c(=O)[nH]c(=S)nc12.N#CCCCCc1cn[nH]c1N.N#CCCCCc1cnn2c(=O)[nH]c(SCc3ccccc3)nc12.N#CCCCCc1cnn2c(Cl)nc(SCc3ccccc3)nc12.N#CCCCCc1cnn2c(NC3CC3)nc(SCc3ccccc3)nc12.NC1CC1.[C-]#[N+]CCCCC#N. The molecule has 9 aromatic heterocycles. The first-order valence-electron chi connectivity index (χ1n) is 43.0. The zero-order chi connectivity index (χ0) is 94.6. The quantitative estimate of drug-likeness (QED) is 0.00479. The summed E-state index contributed by atoms with van der Waals surface area (Å²) >= 11 is 23.3. The van der Waals surface area contributed by atoms with E-state index in [9.17, 15) is 14.4 Å². The third-order valence-electron chi connectivity index (χ3n) is 18.8. The lowest BCUT2D eigenvalue weighted by atomic mass is 10.1. The van der Waals surface area contributed by atoms with Gasteiger partial charge in [-0.2, -0.15) is 80.0 Å². The van der Waals surface area contributed by atoms with Gasteiger partial charge >= 0.3 is 17.5 Å². The number of nitrogens with one attached hydrogen (secondary N) is 5. The molecule has 0 bridgehead atoms. The van der Waals surface area contributed by atoms with Crippen LogP contribution in [0.1, 0.15) is 198 Å². The number of halogens is 2. The summed E-state index contributed by atoms with van der Waals surface area (Å²) in [6, 6.07) is 54.7. The van der Waals surface area contributed by atoms with Gasteiger partial charge in [0, 0.05) is 114 Å². The number of alkyl halides is 1. The minimum Gasteiger partial charge on any atom is -0.448 e. The maximum absolute atomic E-state index is 12.1. The van der Waals surface area contributed by atoms with Crippen LogP contribution < -0.4 is 28.2 Å². The number of aliphatic imine (C=N–C) groups is 1. The number of nitrogen functional groups attached to an aromatic ring is 1. The van der Waals surface area contributed by atoms with Crippen LogP contribution in [0.15, 0.2) is 182 Å². The molecule has 15 rings (SSSR count). The lowest BCUT2D eigenvalue weighted by Gasteiger charge is -2.09. The number of aryl methyl sites for hydroxylation is 5. The molecule has 33 nitrogen and oxygen atoms in total. The Hall–Kier alpha value is -12.8. The molecule has 40 heteroatoms. The van der Waals surface area contributed by atoms with Crippen LogP contribution in [-0.4, -0.2) is 125 Å². The Kier molecular flexibility index (Phi) is 50.9. The molecule has 2 aliphatic rings. The summed E-state index contributed by atoms with van der Waals surface area (Å²) in [7, 11) is 0. The molecule has 1 amide bonds. The predicted molar refractivity (Wildman–Crippen MR) is 524 cm³/mol. The number of thioether (sulfide) groups is 3. The van der Waals surface area contributed by atoms with Gasteiger partial charge in [-0.05, 0) is 194 Å². The van der Waals surface area contributed by atoms with Gasteiger partial charge in [-0.15, -0.1) is 4.99 Å². The number of nitrogens with zero attached hydrogens (tertiary/aromatic N) is 22. The molecular formula is C92H105BrClN29O4S5. The number of nitriles is 6. The molecule has 13 aromatic rings. The molecule has 2 fully saturated rings. The fourth-order valence-electron chi connectivity index (χ4n) is 11.6. The number of hydrogen-bond acceptors (Lipinski definition) is 28. The minimum atomic E-state index is -0.678. The van der Waals surface area contributed by atoms with Gasteiger partial charge in [0.2, 0.25) is 22.5 Å². The van der Waals surface area contributed by atoms with Gasteiger partial charge in [0.25, 0.3) is 0 Å². The number of amides is 1. The van der Waals surface area contributed by atoms with E-state index < -0.39 is 6.09 Å². The normalized spacial score (nSPS) is 11.2. The number of benzene rings is 4. The summed E-state index contributed by atoms with van der Waals surface area (Å²) in [5.74, 6) is 3.80. The number of thiocarbonyl (C=S) groups is 1. The minimum absolute atomic E-state index is 0.188. The number of rotatable bonds is 36. The fourth-order valence-corrected chi connectivity index (χ4v) is 14.9. The fraction of sp³-hybridized carbons (Fsp3) is 0.391. The summed E-state index contributed by atoms with van der Waals surface area (Å²) in [5.41, 5.74) is 23.1. The van der Waals surface area contributed by atoms with Crippen molar-refractivity contribution in [2.75, 3.05) is 24.2 Å². The van der Waals surface area contributed by atoms with Crippen molar-refractivity contribution in [1.29, 1.82) is 31.6 Å². The number of aromatic amines is 4. The highest BCUT2D eigenvalue weighted by Gasteiger charge is 2.25. The van der Waals surface area contributed by atoms with Crippen molar-refractivity contribution in [3.8, 4) is 36.4 Å². The van der Waals surface area contributed by atoms with Crippen LogP contribution in [0.4, 0.5) is 16.6 Å². The number of hydrogen-bond donors (Lipinski definition) is 7. The van der Waals surface area contributed by atoms with Gasteiger partial charge in [-0.1, -0.05) is 173 Å². The van der Waals surface area contributed by atoms with E-state index in [4.69, 9.17) is 83.4 Å². The average molecular weight is 1960 g/mol. The van der Waals surface area contributed by atoms with Gasteiger partial charge in [0.1, 0.15) is 5.82 Å². The van der Waals surface area contributed by atoms with Gasteiger partial charge < -0.3 is 26.4 Å². The van der Waals surface area contributed by atoms with Crippen molar-refractivity contribution in [1.82, 2.24) is 88.5 Å². The Labute approximate surface area is 803 Å². The largest absolute Gasteiger partial charge is 0.448 e. The number of fused-ring (bicyclic) bond motifs is 4. The Morgan fingerprint density at radius 3 is 1.42 bits per heavy atom. The van der Waals surface area contributed by atoms with E-state index >= 15 is 0 Å². The Morgan fingerprint density at radius 1 is 0.561 bits per heavy atom. The van der Waals surface area contributed by atoms with Crippen LogP contribution in [0, 0.1) is 79.3 Å². The highest BCUT2D eigenvalue weighted by atomic mass is 79.9. The zero-order valence-electron chi connectivity index (χ0n) is 73.3. The van der Waals surface area contributed by atoms with E-state index in [1.54, 1.807) is 59.8 Å². The number of unbranched alkanes of at least 4 members (excludes halogenated alkanes) is 12. The second-order valence-corrected chi connectivity index (χ2v) is 33.5. The number of anilines is 2. The number of carbonyl (C=O) groups excluding carboxylic acids is 1. The smallest absolute Gasteiger partial charge is 0.442 e. The molecule has 2 saturated carbocycles. The molecule has 132 heavy (non-hydrogen) atoms. The maximum atomic E-state index is 12.1. The molecular weight excluding hydrogens is 1850 g/mol. The molecule has 2 aliphatic carbocycles. The molecule has 9 heterocycles. The monoisotopic (exact) mass is 1950 g/mol. The van der Waals surface area contributed by atoms with Crippen LogP contribution in [-0.2, 0) is 59.4 Å². The van der Waals surface area contributed by atoms with Crippen LogP contribution in [0.25, 0.3) is 27.4 Å². The molecule has 4 aromatic carbocycles. The first kappa shape index (κ1) is 106. The van der Waals surface area contributed by atoms with Crippen molar-refractivity contribution in [2.24, 2.45) is 10.7 Å². The second-order valence-electron chi connectivity index (χ2n) is 29.2. The first-order valence-corrected chi connectivity index (χ1v) is 48.3. The van der Waals surface area contributed by atoms with Gasteiger partial charge in [0.15, 0.2) is 38.1 Å². The highest BCUT2D eigenvalue weighted by Crippen LogP contribution is 2.30. The van der Waals surface area contributed by atoms with Gasteiger partial charge in [-0.3, -0.25) is 20.2 Å². The number of ether oxygens (including phenoxy) is 1. The van der Waals surface area contributed by atoms with Crippen LogP contribution in [0.3, 0.4) is 0 Å². The number of nitrogens with two attached hydrogens (primary N) is 2. The predicted octanol–water partition coefficient (Wildman–Crippen LogP) is 19.6. The van der Waals surface area contributed by atoms with Crippen molar-refractivity contribution in [2.45, 2.75) is 230 Å².